The zero-order valence-corrected chi connectivity index (χ0v) is 15.1. The van der Waals surface area contributed by atoms with Gasteiger partial charge in [0.05, 0.1) is 24.3 Å². The smallest absolute Gasteiger partial charge is 0.409 e. The van der Waals surface area contributed by atoms with E-state index in [0.717, 1.165) is 36.6 Å². The molecule has 1 aromatic heterocycles. The number of nitrogens with zero attached hydrogens (tertiary/aromatic N) is 4. The molecule has 0 unspecified atom stereocenters. The Balaban J connectivity index is 1.74. The number of aromatic nitrogens is 2. The van der Waals surface area contributed by atoms with Crippen LogP contribution in [0.5, 0.6) is 0 Å². The molecule has 1 aliphatic heterocycles. The Kier molecular flexibility index (Phi) is 5.20. The summed E-state index contributed by atoms with van der Waals surface area (Å²) in [5.74, 6) is 0. The maximum atomic E-state index is 11.8. The Hall–Kier alpha value is -1.86. The molecule has 24 heavy (non-hydrogen) atoms. The van der Waals surface area contributed by atoms with Crippen LogP contribution in [-0.2, 0) is 18.0 Å². The van der Waals surface area contributed by atoms with Crippen LogP contribution in [0.15, 0.2) is 24.3 Å². The first-order valence-electron chi connectivity index (χ1n) is 8.47. The molecule has 6 nitrogen and oxygen atoms in total. The molecule has 1 fully saturated rings. The van der Waals surface area contributed by atoms with E-state index >= 15 is 0 Å². The lowest BCUT2D eigenvalue weighted by Crippen LogP contribution is -2.49. The van der Waals surface area contributed by atoms with Gasteiger partial charge < -0.3 is 18.8 Å². The van der Waals surface area contributed by atoms with E-state index in [9.17, 15) is 4.79 Å². The average molecular weight is 348 g/mol. The molecular weight excluding hydrogens is 324 g/mol. The van der Waals surface area contributed by atoms with E-state index in [2.05, 4.69) is 33.1 Å². The molecule has 1 amide bonds. The molecule has 1 saturated heterocycles. The Morgan fingerprint density at radius 2 is 1.71 bits per heavy atom. The average Bonchev–Trinajstić information content (AvgIpc) is 2.87. The molecule has 0 saturated carbocycles. The third-order valence-electron chi connectivity index (χ3n) is 4.48. The van der Waals surface area contributed by atoms with Crippen molar-refractivity contribution in [2.75, 3.05) is 32.8 Å². The van der Waals surface area contributed by atoms with E-state index in [4.69, 9.17) is 17.0 Å². The lowest BCUT2D eigenvalue weighted by atomic mass is 10.3. The number of fused-ring (bicyclic) bond motifs is 1. The van der Waals surface area contributed by atoms with Gasteiger partial charge in [-0.25, -0.2) is 4.79 Å². The number of rotatable bonds is 4. The molecule has 0 aliphatic carbocycles. The van der Waals surface area contributed by atoms with Crippen LogP contribution in [0, 0.1) is 4.77 Å². The number of hydrogen-bond acceptors (Lipinski definition) is 4. The predicted molar refractivity (Wildman–Crippen MR) is 96.6 cm³/mol. The van der Waals surface area contributed by atoms with Crippen LogP contribution in [0.1, 0.15) is 13.8 Å². The molecule has 0 radical (unpaired) electrons. The van der Waals surface area contributed by atoms with Crippen LogP contribution in [0.25, 0.3) is 11.0 Å². The molecule has 0 atom stereocenters. The van der Waals surface area contributed by atoms with Gasteiger partial charge in [0.15, 0.2) is 4.77 Å². The summed E-state index contributed by atoms with van der Waals surface area (Å²) in [6, 6.07) is 8.33. The van der Waals surface area contributed by atoms with Gasteiger partial charge in [-0.3, -0.25) is 4.90 Å². The van der Waals surface area contributed by atoms with Gasteiger partial charge >= 0.3 is 6.09 Å². The van der Waals surface area contributed by atoms with Gasteiger partial charge in [-0.05, 0) is 38.2 Å². The second-order valence-electron chi connectivity index (χ2n) is 5.89. The van der Waals surface area contributed by atoms with E-state index in [1.165, 1.54) is 5.52 Å². The number of aryl methyl sites for hydroxylation is 1. The zero-order chi connectivity index (χ0) is 17.1. The summed E-state index contributed by atoms with van der Waals surface area (Å²) in [4.78, 5) is 15.9. The Morgan fingerprint density at radius 3 is 2.29 bits per heavy atom. The van der Waals surface area contributed by atoms with Gasteiger partial charge in [-0.2, -0.15) is 0 Å². The molecule has 0 N–H and O–H groups in total. The SMILES string of the molecule is CCOC(=O)N1CCN(Cn2c(=S)n(CC)c3ccccc32)CC1. The Labute approximate surface area is 147 Å². The lowest BCUT2D eigenvalue weighted by molar-refractivity contribution is 0.0712. The molecular formula is C17H24N4O2S. The van der Waals surface area contributed by atoms with Gasteiger partial charge in [-0.1, -0.05) is 12.1 Å². The van der Waals surface area contributed by atoms with Crippen molar-refractivity contribution in [1.29, 1.82) is 0 Å². The summed E-state index contributed by atoms with van der Waals surface area (Å²) in [6.07, 6.45) is -0.212. The summed E-state index contributed by atoms with van der Waals surface area (Å²) >= 11 is 5.67. The van der Waals surface area contributed by atoms with E-state index in [1.54, 1.807) is 4.90 Å². The third-order valence-corrected chi connectivity index (χ3v) is 4.92. The quantitative estimate of drug-likeness (QED) is 0.797. The number of piperazine rings is 1. The van der Waals surface area contributed by atoms with Gasteiger partial charge in [0.2, 0.25) is 0 Å². The first-order valence-corrected chi connectivity index (χ1v) is 8.88. The highest BCUT2D eigenvalue weighted by Crippen LogP contribution is 2.19. The minimum Gasteiger partial charge on any atom is -0.450 e. The van der Waals surface area contributed by atoms with Crippen molar-refractivity contribution >= 4 is 29.3 Å². The fraction of sp³-hybridized carbons (Fsp3) is 0.529. The molecule has 1 aliphatic rings. The van der Waals surface area contributed by atoms with Gasteiger partial charge in [0.25, 0.3) is 0 Å². The van der Waals surface area contributed by atoms with E-state index in [-0.39, 0.29) is 6.09 Å². The van der Waals surface area contributed by atoms with Crippen LogP contribution in [0.2, 0.25) is 0 Å². The highest BCUT2D eigenvalue weighted by atomic mass is 32.1. The number of ether oxygens (including phenoxy) is 1. The number of carbonyl (C=O) groups excluding carboxylic acids is 1. The second kappa shape index (κ2) is 7.36. The lowest BCUT2D eigenvalue weighted by Gasteiger charge is -2.34. The highest BCUT2D eigenvalue weighted by Gasteiger charge is 2.22. The summed E-state index contributed by atoms with van der Waals surface area (Å²) < 4.78 is 10.3. The molecule has 2 aromatic rings. The number of benzene rings is 1. The molecule has 1 aromatic carbocycles. The van der Waals surface area contributed by atoms with Gasteiger partial charge in [0.1, 0.15) is 0 Å². The maximum absolute atomic E-state index is 11.8. The monoisotopic (exact) mass is 348 g/mol. The molecule has 130 valence electrons. The Morgan fingerprint density at radius 1 is 1.08 bits per heavy atom. The molecule has 2 heterocycles. The summed E-state index contributed by atoms with van der Waals surface area (Å²) in [6.45, 7) is 9.02. The molecule has 3 rings (SSSR count). The van der Waals surface area contributed by atoms with Crippen molar-refractivity contribution in [1.82, 2.24) is 18.9 Å². The third kappa shape index (κ3) is 3.18. The van der Waals surface area contributed by atoms with Crippen LogP contribution < -0.4 is 0 Å². The topological polar surface area (TPSA) is 42.6 Å². The first-order chi connectivity index (χ1) is 11.7. The molecule has 0 spiro atoms. The molecule has 7 heteroatoms. The summed E-state index contributed by atoms with van der Waals surface area (Å²) in [7, 11) is 0. The van der Waals surface area contributed by atoms with Gasteiger partial charge in [0, 0.05) is 32.7 Å². The van der Waals surface area contributed by atoms with Crippen molar-refractivity contribution in [3.8, 4) is 0 Å². The van der Waals surface area contributed by atoms with Crippen LogP contribution >= 0.6 is 12.2 Å². The number of carbonyl (C=O) groups is 1. The molecule has 0 bridgehead atoms. The number of para-hydroxylation sites is 2. The van der Waals surface area contributed by atoms with E-state index < -0.39 is 0 Å². The Bertz CT molecular complexity index is 774. The fourth-order valence-corrected chi connectivity index (χ4v) is 3.58. The fourth-order valence-electron chi connectivity index (χ4n) is 3.20. The van der Waals surface area contributed by atoms with E-state index in [1.807, 2.05) is 19.1 Å². The summed E-state index contributed by atoms with van der Waals surface area (Å²) in [5, 5.41) is 0. The second-order valence-corrected chi connectivity index (χ2v) is 6.25. The number of imidazole rings is 1. The van der Waals surface area contributed by atoms with E-state index in [0.29, 0.717) is 19.7 Å². The van der Waals surface area contributed by atoms with Crippen LogP contribution in [-0.4, -0.2) is 57.8 Å². The maximum Gasteiger partial charge on any atom is 0.409 e. The van der Waals surface area contributed by atoms with Crippen LogP contribution in [0.3, 0.4) is 0 Å². The number of hydrogen-bond donors (Lipinski definition) is 0. The van der Waals surface area contributed by atoms with Crippen LogP contribution in [0.4, 0.5) is 4.79 Å². The number of amides is 1. The summed E-state index contributed by atoms with van der Waals surface area (Å²) in [5.41, 5.74) is 2.34. The minimum absolute atomic E-state index is 0.212. The van der Waals surface area contributed by atoms with Crippen molar-refractivity contribution in [3.63, 3.8) is 0 Å². The highest BCUT2D eigenvalue weighted by molar-refractivity contribution is 7.71. The predicted octanol–water partition coefficient (Wildman–Crippen LogP) is 2.92. The minimum atomic E-state index is -0.212. The van der Waals surface area contributed by atoms with Crippen molar-refractivity contribution in [3.05, 3.63) is 29.0 Å². The largest absolute Gasteiger partial charge is 0.450 e. The first kappa shape index (κ1) is 17.0. The van der Waals surface area contributed by atoms with Crippen molar-refractivity contribution in [2.45, 2.75) is 27.1 Å². The normalized spacial score (nSPS) is 15.8. The van der Waals surface area contributed by atoms with Gasteiger partial charge in [-0.15, -0.1) is 0 Å². The standard InChI is InChI=1S/C17H24N4O2S/c1-3-20-14-7-5-6-8-15(14)21(16(20)24)13-18-9-11-19(12-10-18)17(22)23-4-2/h5-8H,3-4,9-13H2,1-2H3. The van der Waals surface area contributed by atoms with Crippen molar-refractivity contribution in [2.24, 2.45) is 0 Å². The zero-order valence-electron chi connectivity index (χ0n) is 14.3. The van der Waals surface area contributed by atoms with Crippen molar-refractivity contribution < 1.29 is 9.53 Å².